The van der Waals surface area contributed by atoms with E-state index in [1.54, 1.807) is 4.90 Å². The molecule has 0 saturated carbocycles. The highest BCUT2D eigenvalue weighted by molar-refractivity contribution is 14.1. The first kappa shape index (κ1) is 14.8. The molecule has 0 aromatic heterocycles. The number of unbranched alkanes of at least 4 members (excludes halogenated alkanes) is 5. The molecule has 0 fully saturated rings. The first-order valence-electron chi connectivity index (χ1n) is 5.63. The molecule has 0 aliphatic carbocycles. The van der Waals surface area contributed by atoms with Crippen molar-refractivity contribution < 1.29 is 4.79 Å². The Morgan fingerprint density at radius 1 is 1.20 bits per heavy atom. The van der Waals surface area contributed by atoms with Crippen LogP contribution in [0.15, 0.2) is 0 Å². The monoisotopic (exact) mass is 321 g/mol. The van der Waals surface area contributed by atoms with Crippen molar-refractivity contribution in [1.29, 1.82) is 0 Å². The molecule has 15 heavy (non-hydrogen) atoms. The van der Waals surface area contributed by atoms with E-state index in [1.807, 2.05) is 22.6 Å². The fourth-order valence-electron chi connectivity index (χ4n) is 1.40. The van der Waals surface area contributed by atoms with Gasteiger partial charge >= 0.3 is 0 Å². The molecule has 0 spiro atoms. The van der Waals surface area contributed by atoms with Crippen LogP contribution in [0.25, 0.3) is 0 Å². The van der Waals surface area contributed by atoms with E-state index >= 15 is 0 Å². The van der Waals surface area contributed by atoms with Crippen LogP contribution in [0.3, 0.4) is 0 Å². The average molecular weight is 321 g/mol. The number of carbonyl (C=O) groups is 1. The van der Waals surface area contributed by atoms with Crippen LogP contribution in [0.5, 0.6) is 0 Å². The number of hydrogen-bond acceptors (Lipinski definition) is 1. The van der Waals surface area contributed by atoms with Gasteiger partial charge in [0.05, 0.1) is 6.54 Å². The maximum absolute atomic E-state index is 10.6. The lowest BCUT2D eigenvalue weighted by Gasteiger charge is -2.13. The average Bonchev–Trinajstić information content (AvgIpc) is 2.27. The predicted molar refractivity (Wildman–Crippen MR) is 72.8 cm³/mol. The second kappa shape index (κ2) is 11.8. The molecule has 0 aromatic carbocycles. The Morgan fingerprint density at radius 3 is 2.47 bits per heavy atom. The van der Waals surface area contributed by atoms with Crippen molar-refractivity contribution in [3.63, 3.8) is 0 Å². The summed E-state index contributed by atoms with van der Waals surface area (Å²) in [6.45, 7) is 3.64. The third-order valence-corrected chi connectivity index (χ3v) is 2.68. The van der Waals surface area contributed by atoms with Crippen LogP contribution >= 0.6 is 22.6 Å². The van der Waals surface area contributed by atoms with E-state index in [2.05, 4.69) is 16.8 Å². The Kier molecular flexibility index (Phi) is 11.6. The number of halogens is 1. The first-order chi connectivity index (χ1) is 7.35. The van der Waals surface area contributed by atoms with Crippen LogP contribution in [-0.2, 0) is 4.79 Å². The molecule has 0 unspecified atom stereocenters. The van der Waals surface area contributed by atoms with E-state index in [0.717, 1.165) is 19.4 Å². The van der Waals surface area contributed by atoms with Crippen LogP contribution < -0.4 is 0 Å². The maximum Gasteiger partial charge on any atom is 0.210 e. The summed E-state index contributed by atoms with van der Waals surface area (Å²) in [6.07, 6.45) is 8.45. The van der Waals surface area contributed by atoms with Crippen LogP contribution in [0.2, 0.25) is 0 Å². The van der Waals surface area contributed by atoms with Crippen molar-refractivity contribution in [2.75, 3.05) is 13.1 Å². The Morgan fingerprint density at radius 2 is 1.87 bits per heavy atom. The lowest BCUT2D eigenvalue weighted by atomic mass is 10.1. The van der Waals surface area contributed by atoms with E-state index in [9.17, 15) is 4.79 Å². The summed E-state index contributed by atoms with van der Waals surface area (Å²) in [7, 11) is 0. The molecule has 3 heteroatoms. The molecule has 0 N–H and O–H groups in total. The quantitative estimate of drug-likeness (QED) is 0.276. The molecule has 0 rings (SSSR count). The Labute approximate surface area is 107 Å². The summed E-state index contributed by atoms with van der Waals surface area (Å²) >= 11 is 1.99. The summed E-state index contributed by atoms with van der Waals surface area (Å²) in [5, 5.41) is 0. The topological polar surface area (TPSA) is 20.3 Å². The molecular weight excluding hydrogens is 301 g/mol. The van der Waals surface area contributed by atoms with Crippen LogP contribution in [0.4, 0.5) is 0 Å². The highest BCUT2D eigenvalue weighted by atomic mass is 127. The van der Waals surface area contributed by atoms with Crippen molar-refractivity contribution in [2.24, 2.45) is 0 Å². The first-order valence-corrected chi connectivity index (χ1v) is 6.70. The van der Waals surface area contributed by atoms with Gasteiger partial charge in [-0.1, -0.05) is 44.9 Å². The van der Waals surface area contributed by atoms with Crippen molar-refractivity contribution >= 4 is 29.0 Å². The Balaban J connectivity index is 3.36. The summed E-state index contributed by atoms with van der Waals surface area (Å²) in [5.41, 5.74) is 0. The number of hydrogen-bond donors (Lipinski definition) is 0. The van der Waals surface area contributed by atoms with Gasteiger partial charge in [-0.2, -0.15) is 0 Å². The van der Waals surface area contributed by atoms with E-state index in [4.69, 9.17) is 0 Å². The van der Waals surface area contributed by atoms with Gasteiger partial charge in [0.25, 0.3) is 0 Å². The fourth-order valence-corrected chi connectivity index (χ4v) is 1.57. The molecular formula is C12H20INO. The standard InChI is InChI=1S/C12H20INO/c1-2-3-4-5-6-7-10-14(12-15)11-8-9-13/h12H,2-7,10-11H2,1H3. The minimum Gasteiger partial charge on any atom is -0.334 e. The summed E-state index contributed by atoms with van der Waals surface area (Å²) in [4.78, 5) is 12.4. The summed E-state index contributed by atoms with van der Waals surface area (Å²) in [6, 6.07) is 0. The lowest BCUT2D eigenvalue weighted by molar-refractivity contribution is -0.117. The van der Waals surface area contributed by atoms with E-state index < -0.39 is 0 Å². The van der Waals surface area contributed by atoms with Gasteiger partial charge in [0.1, 0.15) is 0 Å². The second-order valence-corrected chi connectivity index (χ2v) is 4.15. The molecule has 0 aromatic rings. The van der Waals surface area contributed by atoms with Crippen molar-refractivity contribution in [1.82, 2.24) is 4.90 Å². The number of carbonyl (C=O) groups excluding carboxylic acids is 1. The molecule has 0 aliphatic rings. The van der Waals surface area contributed by atoms with Gasteiger partial charge in [-0.15, -0.1) is 0 Å². The second-order valence-electron chi connectivity index (χ2n) is 3.61. The Hall–Kier alpha value is -0.240. The SMILES string of the molecule is CCCCCCCCN(C=O)CC#CI. The van der Waals surface area contributed by atoms with E-state index in [-0.39, 0.29) is 0 Å². The fraction of sp³-hybridized carbons (Fsp3) is 0.750. The van der Waals surface area contributed by atoms with Crippen molar-refractivity contribution in [2.45, 2.75) is 45.4 Å². The number of nitrogens with zero attached hydrogens (tertiary/aromatic N) is 1. The van der Waals surface area contributed by atoms with Gasteiger partial charge in [0, 0.05) is 29.1 Å². The van der Waals surface area contributed by atoms with Crippen molar-refractivity contribution in [3.05, 3.63) is 0 Å². The minimum absolute atomic E-state index is 0.571. The Bertz CT molecular complexity index is 207. The zero-order valence-corrected chi connectivity index (χ0v) is 11.6. The van der Waals surface area contributed by atoms with Gasteiger partial charge in [0.2, 0.25) is 6.41 Å². The molecule has 0 radical (unpaired) electrons. The molecule has 2 nitrogen and oxygen atoms in total. The third-order valence-electron chi connectivity index (χ3n) is 2.30. The molecule has 0 heterocycles. The van der Waals surface area contributed by atoms with Gasteiger partial charge in [-0.3, -0.25) is 4.79 Å². The van der Waals surface area contributed by atoms with Gasteiger partial charge in [-0.05, 0) is 10.3 Å². The normalized spacial score (nSPS) is 9.20. The lowest BCUT2D eigenvalue weighted by Crippen LogP contribution is -2.23. The molecule has 0 atom stereocenters. The number of rotatable bonds is 9. The smallest absolute Gasteiger partial charge is 0.210 e. The highest BCUT2D eigenvalue weighted by Gasteiger charge is 1.98. The number of amides is 1. The van der Waals surface area contributed by atoms with Crippen molar-refractivity contribution in [3.8, 4) is 9.85 Å². The predicted octanol–water partition coefficient (Wildman–Crippen LogP) is 3.20. The molecule has 0 saturated heterocycles. The maximum atomic E-state index is 10.6. The molecule has 1 amide bonds. The summed E-state index contributed by atoms with van der Waals surface area (Å²) < 4.78 is 2.77. The summed E-state index contributed by atoms with van der Waals surface area (Å²) in [5.74, 6) is 2.89. The zero-order chi connectivity index (χ0) is 11.4. The third kappa shape index (κ3) is 10.1. The van der Waals surface area contributed by atoms with Gasteiger partial charge in [0.15, 0.2) is 0 Å². The van der Waals surface area contributed by atoms with Gasteiger partial charge in [-0.25, -0.2) is 0 Å². The molecule has 86 valence electrons. The van der Waals surface area contributed by atoms with Gasteiger partial charge < -0.3 is 4.90 Å². The van der Waals surface area contributed by atoms with Crippen LogP contribution in [0.1, 0.15) is 45.4 Å². The van der Waals surface area contributed by atoms with E-state index in [0.29, 0.717) is 6.54 Å². The molecule has 0 bridgehead atoms. The zero-order valence-electron chi connectivity index (χ0n) is 9.47. The minimum atomic E-state index is 0.571. The van der Waals surface area contributed by atoms with Crippen LogP contribution in [0, 0.1) is 9.85 Å². The largest absolute Gasteiger partial charge is 0.334 e. The van der Waals surface area contributed by atoms with Crippen LogP contribution in [-0.4, -0.2) is 24.4 Å². The van der Waals surface area contributed by atoms with E-state index in [1.165, 1.54) is 32.1 Å². The highest BCUT2D eigenvalue weighted by Crippen LogP contribution is 2.05. The molecule has 0 aliphatic heterocycles.